The lowest BCUT2D eigenvalue weighted by molar-refractivity contribution is -0.123. The molecule has 4 saturated carbocycles. The first kappa shape index (κ1) is 17.0. The molecule has 5 aliphatic rings. The van der Waals surface area contributed by atoms with Crippen LogP contribution in [0.3, 0.4) is 0 Å². The first-order valence-corrected chi connectivity index (χ1v) is 11.1. The predicted octanol–water partition coefficient (Wildman–Crippen LogP) is 5.34. The lowest BCUT2D eigenvalue weighted by atomic mass is 9.48. The highest BCUT2D eigenvalue weighted by Gasteiger charge is 2.54. The molecule has 4 aliphatic carbocycles. The first-order chi connectivity index (χ1) is 13.6. The Labute approximate surface area is 167 Å². The number of aliphatic hydroxyl groups is 1. The average Bonchev–Trinajstić information content (AvgIpc) is 3.25. The molecule has 28 heavy (non-hydrogen) atoms. The zero-order valence-corrected chi connectivity index (χ0v) is 16.7. The average molecular weight is 375 g/mol. The Morgan fingerprint density at radius 3 is 2.36 bits per heavy atom. The van der Waals surface area contributed by atoms with E-state index in [0.717, 1.165) is 24.2 Å². The maximum atomic E-state index is 11.6. The highest BCUT2D eigenvalue weighted by Crippen LogP contribution is 2.62. The van der Waals surface area contributed by atoms with Crippen LogP contribution in [0.1, 0.15) is 69.2 Å². The Morgan fingerprint density at radius 2 is 1.71 bits per heavy atom. The van der Waals surface area contributed by atoms with E-state index in [9.17, 15) is 5.11 Å². The molecule has 146 valence electrons. The Hall–Kier alpha value is -1.87. The maximum absolute atomic E-state index is 11.6. The van der Waals surface area contributed by atoms with Gasteiger partial charge >= 0.3 is 0 Å². The molecule has 4 fully saturated rings. The van der Waals surface area contributed by atoms with Crippen LogP contribution >= 0.6 is 0 Å². The first-order valence-electron chi connectivity index (χ1n) is 11.1. The summed E-state index contributed by atoms with van der Waals surface area (Å²) in [6, 6.07) is 10.9. The third-order valence-electron chi connectivity index (χ3n) is 8.45. The fourth-order valence-corrected chi connectivity index (χ4v) is 7.68. The molecule has 1 aromatic carbocycles. The van der Waals surface area contributed by atoms with Crippen molar-refractivity contribution in [2.75, 3.05) is 0 Å². The summed E-state index contributed by atoms with van der Waals surface area (Å²) in [5, 5.41) is 11.6. The minimum Gasteiger partial charge on any atom is -0.392 e. The third kappa shape index (κ3) is 2.41. The van der Waals surface area contributed by atoms with Crippen molar-refractivity contribution in [2.45, 2.75) is 64.0 Å². The molecule has 2 atom stereocenters. The van der Waals surface area contributed by atoms with E-state index < -0.39 is 0 Å². The van der Waals surface area contributed by atoms with E-state index in [4.69, 9.17) is 0 Å². The highest BCUT2D eigenvalue weighted by atomic mass is 16.3. The number of imidazole rings is 1. The zero-order valence-electron chi connectivity index (χ0n) is 16.7. The monoisotopic (exact) mass is 374 g/mol. The van der Waals surface area contributed by atoms with Crippen molar-refractivity contribution in [3.63, 3.8) is 0 Å². The van der Waals surface area contributed by atoms with Crippen molar-refractivity contribution < 1.29 is 5.11 Å². The summed E-state index contributed by atoms with van der Waals surface area (Å²) in [6.07, 6.45) is 12.6. The smallest absolute Gasteiger partial charge is 0.0956 e. The molecule has 0 saturated heterocycles. The number of allylic oxidation sites excluding steroid dienone is 2. The minimum atomic E-state index is -0.217. The number of hydrogen-bond acceptors (Lipinski definition) is 2. The fourth-order valence-electron chi connectivity index (χ4n) is 7.68. The summed E-state index contributed by atoms with van der Waals surface area (Å²) < 4.78 is 2.31. The third-order valence-corrected chi connectivity index (χ3v) is 8.45. The van der Waals surface area contributed by atoms with Crippen LogP contribution in [0.5, 0.6) is 0 Å². The molecule has 1 aromatic heterocycles. The number of rotatable bonds is 4. The standard InChI is InChI=1S/C25H30N2O/c1-16-22-14-26-15-27(22)21(24(16)20-5-3-2-4-6-20)10-23(28)25-11-17-7-18(12-25)9-19(8-17)13-25/h2-6,14-15,17-19,21,23,28H,7-13H2,1H3. The Bertz CT molecular complexity index is 890. The van der Waals surface area contributed by atoms with Crippen molar-refractivity contribution >= 4 is 11.1 Å². The summed E-state index contributed by atoms with van der Waals surface area (Å²) in [4.78, 5) is 4.42. The highest BCUT2D eigenvalue weighted by molar-refractivity contribution is 5.93. The van der Waals surface area contributed by atoms with E-state index in [2.05, 4.69) is 46.8 Å². The lowest BCUT2D eigenvalue weighted by Crippen LogP contribution is -2.52. The van der Waals surface area contributed by atoms with E-state index >= 15 is 0 Å². The molecule has 3 nitrogen and oxygen atoms in total. The molecular formula is C25H30N2O. The van der Waals surface area contributed by atoms with Gasteiger partial charge in [0.2, 0.25) is 0 Å². The number of aromatic nitrogens is 2. The lowest BCUT2D eigenvalue weighted by Gasteiger charge is -2.58. The second-order valence-electron chi connectivity index (χ2n) is 10.1. The molecule has 3 heteroatoms. The number of fused-ring (bicyclic) bond motifs is 1. The Kier molecular flexibility index (Phi) is 3.69. The van der Waals surface area contributed by atoms with Crippen molar-refractivity contribution in [1.82, 2.24) is 9.55 Å². The summed E-state index contributed by atoms with van der Waals surface area (Å²) in [7, 11) is 0. The molecule has 1 N–H and O–H groups in total. The van der Waals surface area contributed by atoms with Gasteiger partial charge in [-0.25, -0.2) is 4.98 Å². The molecule has 2 unspecified atom stereocenters. The van der Waals surface area contributed by atoms with Gasteiger partial charge < -0.3 is 9.67 Å². The van der Waals surface area contributed by atoms with Crippen LogP contribution in [-0.2, 0) is 0 Å². The van der Waals surface area contributed by atoms with Crippen LogP contribution in [0.4, 0.5) is 0 Å². The second-order valence-corrected chi connectivity index (χ2v) is 10.1. The van der Waals surface area contributed by atoms with Crippen LogP contribution in [0, 0.1) is 23.2 Å². The van der Waals surface area contributed by atoms with Crippen molar-refractivity contribution in [2.24, 2.45) is 23.2 Å². The van der Waals surface area contributed by atoms with Crippen molar-refractivity contribution in [3.8, 4) is 0 Å². The quantitative estimate of drug-likeness (QED) is 0.785. The number of nitrogens with zero attached hydrogens (tertiary/aromatic N) is 2. The van der Waals surface area contributed by atoms with Gasteiger partial charge in [-0.1, -0.05) is 30.3 Å². The van der Waals surface area contributed by atoms with Gasteiger partial charge in [0, 0.05) is 0 Å². The van der Waals surface area contributed by atoms with Crippen LogP contribution in [-0.4, -0.2) is 20.8 Å². The molecule has 0 spiro atoms. The van der Waals surface area contributed by atoms with E-state index in [-0.39, 0.29) is 17.6 Å². The number of hydrogen-bond donors (Lipinski definition) is 1. The second kappa shape index (κ2) is 6.06. The summed E-state index contributed by atoms with van der Waals surface area (Å²) in [6.45, 7) is 2.22. The molecular weight excluding hydrogens is 344 g/mol. The van der Waals surface area contributed by atoms with Crippen LogP contribution < -0.4 is 0 Å². The zero-order chi connectivity index (χ0) is 18.9. The largest absolute Gasteiger partial charge is 0.392 e. The number of benzene rings is 1. The summed E-state index contributed by atoms with van der Waals surface area (Å²) in [5.41, 5.74) is 5.36. The van der Waals surface area contributed by atoms with Gasteiger partial charge in [-0.2, -0.15) is 0 Å². The van der Waals surface area contributed by atoms with Gasteiger partial charge in [-0.05, 0) is 91.7 Å². The maximum Gasteiger partial charge on any atom is 0.0956 e. The van der Waals surface area contributed by atoms with Crippen molar-refractivity contribution in [1.29, 1.82) is 0 Å². The molecule has 7 rings (SSSR count). The summed E-state index contributed by atoms with van der Waals surface area (Å²) >= 11 is 0. The van der Waals surface area contributed by atoms with Gasteiger partial charge in [-0.15, -0.1) is 0 Å². The summed E-state index contributed by atoms with van der Waals surface area (Å²) in [5.74, 6) is 2.62. The van der Waals surface area contributed by atoms with Crippen LogP contribution in [0.15, 0.2) is 42.9 Å². The van der Waals surface area contributed by atoms with Crippen LogP contribution in [0.2, 0.25) is 0 Å². The Balaban J connectivity index is 1.34. The van der Waals surface area contributed by atoms with Gasteiger partial charge in [0.15, 0.2) is 0 Å². The van der Waals surface area contributed by atoms with Gasteiger partial charge in [0.25, 0.3) is 0 Å². The molecule has 0 radical (unpaired) electrons. The molecule has 1 aliphatic heterocycles. The minimum absolute atomic E-state index is 0.174. The van der Waals surface area contributed by atoms with Gasteiger partial charge in [-0.3, -0.25) is 0 Å². The molecule has 2 aromatic rings. The predicted molar refractivity (Wildman–Crippen MR) is 111 cm³/mol. The van der Waals surface area contributed by atoms with E-state index in [1.807, 2.05) is 12.5 Å². The molecule has 0 amide bonds. The van der Waals surface area contributed by atoms with Gasteiger partial charge in [0.05, 0.1) is 30.4 Å². The SMILES string of the molecule is CC1=C(c2ccccc2)C(CC(O)C23CC4CC(CC(C4)C2)C3)n2cncc21. The van der Waals surface area contributed by atoms with E-state index in [1.54, 1.807) is 0 Å². The van der Waals surface area contributed by atoms with Crippen molar-refractivity contribution in [3.05, 3.63) is 54.1 Å². The molecule has 4 bridgehead atoms. The Morgan fingerprint density at radius 1 is 1.07 bits per heavy atom. The number of aliphatic hydroxyl groups excluding tert-OH is 1. The fraction of sp³-hybridized carbons (Fsp3) is 0.560. The van der Waals surface area contributed by atoms with E-state index in [0.29, 0.717) is 0 Å². The normalized spacial score (nSPS) is 36.8. The van der Waals surface area contributed by atoms with E-state index in [1.165, 1.54) is 60.9 Å². The topological polar surface area (TPSA) is 38.0 Å². The molecule has 2 heterocycles. The van der Waals surface area contributed by atoms with Crippen LogP contribution in [0.25, 0.3) is 11.1 Å². The van der Waals surface area contributed by atoms with Gasteiger partial charge in [0.1, 0.15) is 0 Å².